The molecule has 0 aliphatic carbocycles. The zero-order valence-corrected chi connectivity index (χ0v) is 11.8. The first kappa shape index (κ1) is 14.8. The maximum atomic E-state index is 12.2. The number of carbonyl (C=O) groups is 1. The fourth-order valence-electron chi connectivity index (χ4n) is 2.35. The molecule has 1 atom stereocenters. The molecule has 0 spiro atoms. The Bertz CT molecular complexity index is 622. The molecule has 1 unspecified atom stereocenters. The molecule has 0 N–H and O–H groups in total. The number of ether oxygens (including phenoxy) is 1. The van der Waals surface area contributed by atoms with Gasteiger partial charge in [-0.15, -0.1) is 0 Å². The summed E-state index contributed by atoms with van der Waals surface area (Å²) in [5, 5.41) is 18.7. The Hall–Kier alpha value is -2.57. The standard InChI is InChI=1S/C14H15N3O4/c1-3-11-9-15-16-14(11,13(18)21-2)8-10-4-6-12(7-5-10)17(19)20/h3-7H,8-9H2,1-2H3/b11-3-. The first-order valence-electron chi connectivity index (χ1n) is 6.39. The number of allylic oxidation sites excluding steroid dienone is 1. The summed E-state index contributed by atoms with van der Waals surface area (Å²) in [4.78, 5) is 22.4. The topological polar surface area (TPSA) is 94.2 Å². The molecule has 1 aliphatic heterocycles. The van der Waals surface area contributed by atoms with Gasteiger partial charge in [-0.25, -0.2) is 4.79 Å². The average molecular weight is 289 g/mol. The zero-order valence-electron chi connectivity index (χ0n) is 11.8. The molecule has 0 radical (unpaired) electrons. The van der Waals surface area contributed by atoms with E-state index in [-0.39, 0.29) is 12.1 Å². The fourth-order valence-corrected chi connectivity index (χ4v) is 2.35. The van der Waals surface area contributed by atoms with Crippen LogP contribution >= 0.6 is 0 Å². The molecule has 2 rings (SSSR count). The number of hydrogen-bond donors (Lipinski definition) is 0. The number of rotatable bonds is 4. The Morgan fingerprint density at radius 1 is 1.48 bits per heavy atom. The smallest absolute Gasteiger partial charge is 0.340 e. The summed E-state index contributed by atoms with van der Waals surface area (Å²) in [5.41, 5.74) is 0.378. The third-order valence-corrected chi connectivity index (χ3v) is 3.49. The molecule has 110 valence electrons. The van der Waals surface area contributed by atoms with Crippen LogP contribution in [0.5, 0.6) is 0 Å². The van der Waals surface area contributed by atoms with Crippen molar-refractivity contribution in [3.63, 3.8) is 0 Å². The van der Waals surface area contributed by atoms with Crippen LogP contribution in [0.1, 0.15) is 12.5 Å². The van der Waals surface area contributed by atoms with Crippen molar-refractivity contribution in [2.24, 2.45) is 10.2 Å². The molecule has 0 aromatic heterocycles. The van der Waals surface area contributed by atoms with Crippen LogP contribution in [0.15, 0.2) is 46.1 Å². The van der Waals surface area contributed by atoms with Crippen molar-refractivity contribution in [3.8, 4) is 0 Å². The third kappa shape index (κ3) is 2.67. The molecule has 7 heteroatoms. The molecule has 1 heterocycles. The van der Waals surface area contributed by atoms with Gasteiger partial charge in [0.2, 0.25) is 5.54 Å². The number of benzene rings is 1. The van der Waals surface area contributed by atoms with E-state index < -0.39 is 16.4 Å². The highest BCUT2D eigenvalue weighted by atomic mass is 16.6. The third-order valence-electron chi connectivity index (χ3n) is 3.49. The van der Waals surface area contributed by atoms with E-state index in [0.717, 1.165) is 11.1 Å². The highest BCUT2D eigenvalue weighted by Gasteiger charge is 2.46. The molecule has 0 saturated carbocycles. The van der Waals surface area contributed by atoms with Gasteiger partial charge in [0.15, 0.2) is 0 Å². The van der Waals surface area contributed by atoms with Gasteiger partial charge in [0.1, 0.15) is 0 Å². The molecule has 0 fully saturated rings. The SMILES string of the molecule is C/C=C1/CN=NC1(Cc1ccc([N+](=O)[O-])cc1)C(=O)OC. The summed E-state index contributed by atoms with van der Waals surface area (Å²) in [6.07, 6.45) is 2.07. The van der Waals surface area contributed by atoms with Crippen LogP contribution in [0.4, 0.5) is 5.69 Å². The summed E-state index contributed by atoms with van der Waals surface area (Å²) in [7, 11) is 1.31. The van der Waals surface area contributed by atoms with E-state index in [1.807, 2.05) is 13.0 Å². The van der Waals surface area contributed by atoms with Crippen molar-refractivity contribution in [1.82, 2.24) is 0 Å². The summed E-state index contributed by atoms with van der Waals surface area (Å²) < 4.78 is 4.86. The number of methoxy groups -OCH3 is 1. The fraction of sp³-hybridized carbons (Fsp3) is 0.357. The molecule has 1 aliphatic rings. The molecule has 0 bridgehead atoms. The van der Waals surface area contributed by atoms with E-state index >= 15 is 0 Å². The van der Waals surface area contributed by atoms with Gasteiger partial charge in [-0.1, -0.05) is 18.2 Å². The minimum absolute atomic E-state index is 0.00479. The molecule has 0 amide bonds. The molecular weight excluding hydrogens is 274 g/mol. The van der Waals surface area contributed by atoms with Crippen LogP contribution in [0.25, 0.3) is 0 Å². The van der Waals surface area contributed by atoms with Gasteiger partial charge >= 0.3 is 5.97 Å². The van der Waals surface area contributed by atoms with Gasteiger partial charge in [0.05, 0.1) is 18.6 Å². The van der Waals surface area contributed by atoms with Crippen LogP contribution in [-0.4, -0.2) is 30.1 Å². The summed E-state index contributed by atoms with van der Waals surface area (Å²) >= 11 is 0. The van der Waals surface area contributed by atoms with Crippen LogP contribution in [0.3, 0.4) is 0 Å². The van der Waals surface area contributed by atoms with Gasteiger partial charge in [-0.3, -0.25) is 10.1 Å². The lowest BCUT2D eigenvalue weighted by Gasteiger charge is -2.23. The molecule has 1 aromatic rings. The van der Waals surface area contributed by atoms with Crippen LogP contribution in [-0.2, 0) is 16.0 Å². The highest BCUT2D eigenvalue weighted by Crippen LogP contribution is 2.34. The summed E-state index contributed by atoms with van der Waals surface area (Å²) in [5.74, 6) is -0.477. The second-order valence-corrected chi connectivity index (χ2v) is 4.67. The van der Waals surface area contributed by atoms with E-state index in [0.29, 0.717) is 6.54 Å². The van der Waals surface area contributed by atoms with E-state index in [1.165, 1.54) is 19.2 Å². The van der Waals surface area contributed by atoms with Crippen molar-refractivity contribution in [2.75, 3.05) is 13.7 Å². The van der Waals surface area contributed by atoms with Gasteiger partial charge in [-0.05, 0) is 18.1 Å². The molecule has 1 aromatic carbocycles. The van der Waals surface area contributed by atoms with Crippen molar-refractivity contribution in [2.45, 2.75) is 18.9 Å². The Balaban J connectivity index is 2.34. The zero-order chi connectivity index (χ0) is 15.5. The van der Waals surface area contributed by atoms with Crippen molar-refractivity contribution in [3.05, 3.63) is 51.6 Å². The van der Waals surface area contributed by atoms with E-state index in [2.05, 4.69) is 10.2 Å². The Labute approximate surface area is 121 Å². The highest BCUT2D eigenvalue weighted by molar-refractivity contribution is 5.86. The number of nitro benzene ring substituents is 1. The monoisotopic (exact) mass is 289 g/mol. The predicted octanol–water partition coefficient (Wildman–Crippen LogP) is 2.46. The van der Waals surface area contributed by atoms with E-state index in [9.17, 15) is 14.9 Å². The minimum Gasteiger partial charge on any atom is -0.467 e. The Kier molecular flexibility index (Phi) is 4.11. The van der Waals surface area contributed by atoms with Crippen molar-refractivity contribution < 1.29 is 14.5 Å². The Morgan fingerprint density at radius 3 is 2.67 bits per heavy atom. The lowest BCUT2D eigenvalue weighted by molar-refractivity contribution is -0.384. The Morgan fingerprint density at radius 2 is 2.14 bits per heavy atom. The molecular formula is C14H15N3O4. The summed E-state index contributed by atoms with van der Waals surface area (Å²) in [6.45, 7) is 2.18. The second kappa shape index (κ2) is 5.82. The lowest BCUT2D eigenvalue weighted by atomic mass is 9.84. The van der Waals surface area contributed by atoms with Gasteiger partial charge in [-0.2, -0.15) is 10.2 Å². The number of carbonyl (C=O) groups excluding carboxylic acids is 1. The molecule has 0 saturated heterocycles. The van der Waals surface area contributed by atoms with Gasteiger partial charge in [0, 0.05) is 18.6 Å². The maximum Gasteiger partial charge on any atom is 0.340 e. The first-order chi connectivity index (χ1) is 10.0. The number of hydrogen-bond acceptors (Lipinski definition) is 6. The van der Waals surface area contributed by atoms with Crippen molar-refractivity contribution >= 4 is 11.7 Å². The number of nitrogens with zero attached hydrogens (tertiary/aromatic N) is 3. The number of nitro groups is 1. The lowest BCUT2D eigenvalue weighted by Crippen LogP contribution is -2.40. The number of non-ortho nitro benzene ring substituents is 1. The summed E-state index contributed by atoms with van der Waals surface area (Å²) in [6, 6.07) is 6.04. The van der Waals surface area contributed by atoms with Crippen LogP contribution in [0, 0.1) is 10.1 Å². The average Bonchev–Trinajstić information content (AvgIpc) is 2.90. The van der Waals surface area contributed by atoms with Gasteiger partial charge < -0.3 is 4.74 Å². The van der Waals surface area contributed by atoms with Crippen LogP contribution in [0.2, 0.25) is 0 Å². The predicted molar refractivity (Wildman–Crippen MR) is 75.0 cm³/mol. The quantitative estimate of drug-likeness (QED) is 0.368. The largest absolute Gasteiger partial charge is 0.467 e. The van der Waals surface area contributed by atoms with Gasteiger partial charge in [0.25, 0.3) is 5.69 Å². The molecule has 21 heavy (non-hydrogen) atoms. The number of esters is 1. The second-order valence-electron chi connectivity index (χ2n) is 4.67. The normalized spacial score (nSPS) is 22.5. The number of azo groups is 1. The minimum atomic E-state index is -1.15. The molecule has 7 nitrogen and oxygen atoms in total. The van der Waals surface area contributed by atoms with E-state index in [1.54, 1.807) is 12.1 Å². The van der Waals surface area contributed by atoms with Crippen LogP contribution < -0.4 is 0 Å². The first-order valence-corrected chi connectivity index (χ1v) is 6.39. The maximum absolute atomic E-state index is 12.2. The van der Waals surface area contributed by atoms with Crippen molar-refractivity contribution in [1.29, 1.82) is 0 Å². The van der Waals surface area contributed by atoms with E-state index in [4.69, 9.17) is 4.74 Å².